The maximum Gasteiger partial charge on any atom is 0.328 e. The van der Waals surface area contributed by atoms with Crippen LogP contribution in [0.1, 0.15) is 12.5 Å². The van der Waals surface area contributed by atoms with Crippen molar-refractivity contribution in [3.8, 4) is 6.07 Å². The molecule has 0 aliphatic heterocycles. The van der Waals surface area contributed by atoms with Crippen molar-refractivity contribution in [3.05, 3.63) is 52.7 Å². The van der Waals surface area contributed by atoms with E-state index in [1.165, 1.54) is 9.13 Å². The molecular formula is C14H14N4O2. The number of anilines is 1. The number of nitrogens with one attached hydrogen (secondary N) is 1. The molecule has 1 N–H and O–H groups in total. The zero-order valence-electron chi connectivity index (χ0n) is 11.0. The van der Waals surface area contributed by atoms with Crippen LogP contribution >= 0.6 is 0 Å². The third-order valence-electron chi connectivity index (χ3n) is 2.85. The summed E-state index contributed by atoms with van der Waals surface area (Å²) in [5, 5.41) is 11.4. The molecule has 2 rings (SSSR count). The van der Waals surface area contributed by atoms with E-state index in [9.17, 15) is 9.59 Å². The van der Waals surface area contributed by atoms with Gasteiger partial charge in [0.25, 0.3) is 0 Å². The van der Waals surface area contributed by atoms with E-state index in [4.69, 9.17) is 5.26 Å². The summed E-state index contributed by atoms with van der Waals surface area (Å²) >= 11 is 0. The minimum atomic E-state index is -0.309. The van der Waals surface area contributed by atoms with Gasteiger partial charge in [0.05, 0.1) is 11.6 Å². The van der Waals surface area contributed by atoms with Gasteiger partial charge in [0.1, 0.15) is 6.54 Å². The first-order chi connectivity index (χ1) is 9.63. The van der Waals surface area contributed by atoms with E-state index < -0.39 is 0 Å². The number of hydrogen-bond donors (Lipinski definition) is 1. The summed E-state index contributed by atoms with van der Waals surface area (Å²) in [7, 11) is 0. The van der Waals surface area contributed by atoms with Gasteiger partial charge in [0, 0.05) is 24.6 Å². The number of aromatic nitrogens is 2. The summed E-state index contributed by atoms with van der Waals surface area (Å²) in [6, 6.07) is 8.62. The van der Waals surface area contributed by atoms with Crippen molar-refractivity contribution in [3.63, 3.8) is 0 Å². The molecule has 6 heteroatoms. The fourth-order valence-electron chi connectivity index (χ4n) is 1.84. The van der Waals surface area contributed by atoms with Crippen LogP contribution in [-0.4, -0.2) is 15.0 Å². The lowest BCUT2D eigenvalue weighted by Gasteiger charge is -2.05. The molecule has 0 radical (unpaired) electrons. The topological polar surface area (TPSA) is 79.8 Å². The molecule has 2 aromatic rings. The van der Waals surface area contributed by atoms with Crippen molar-refractivity contribution < 1.29 is 4.79 Å². The van der Waals surface area contributed by atoms with Gasteiger partial charge in [0.2, 0.25) is 5.91 Å². The van der Waals surface area contributed by atoms with Crippen LogP contribution in [0.4, 0.5) is 5.69 Å². The Labute approximate surface area is 115 Å². The Morgan fingerprint density at radius 1 is 1.35 bits per heavy atom. The second-order valence-electron chi connectivity index (χ2n) is 4.24. The predicted octanol–water partition coefficient (Wildman–Crippen LogP) is 1.18. The van der Waals surface area contributed by atoms with Gasteiger partial charge in [-0.3, -0.25) is 13.9 Å². The Bertz CT molecular complexity index is 721. The monoisotopic (exact) mass is 270 g/mol. The van der Waals surface area contributed by atoms with Crippen LogP contribution in [0, 0.1) is 11.3 Å². The second kappa shape index (κ2) is 5.89. The first-order valence-electron chi connectivity index (χ1n) is 6.19. The quantitative estimate of drug-likeness (QED) is 0.906. The minimum Gasteiger partial charge on any atom is -0.324 e. The van der Waals surface area contributed by atoms with Crippen LogP contribution in [-0.2, 0) is 17.9 Å². The second-order valence-corrected chi connectivity index (χ2v) is 4.24. The summed E-state index contributed by atoms with van der Waals surface area (Å²) in [6.45, 7) is 2.37. The molecule has 1 aromatic carbocycles. The highest BCUT2D eigenvalue weighted by molar-refractivity contribution is 5.90. The van der Waals surface area contributed by atoms with Crippen molar-refractivity contribution in [1.82, 2.24) is 9.13 Å². The van der Waals surface area contributed by atoms with E-state index in [2.05, 4.69) is 5.32 Å². The Hall–Kier alpha value is -2.81. The number of amides is 1. The van der Waals surface area contributed by atoms with E-state index in [0.717, 1.165) is 0 Å². The van der Waals surface area contributed by atoms with Gasteiger partial charge >= 0.3 is 5.69 Å². The smallest absolute Gasteiger partial charge is 0.324 e. The minimum absolute atomic E-state index is 0.0530. The van der Waals surface area contributed by atoms with Gasteiger partial charge in [-0.2, -0.15) is 5.26 Å². The first-order valence-corrected chi connectivity index (χ1v) is 6.19. The molecule has 0 atom stereocenters. The Kier molecular flexibility index (Phi) is 4.01. The van der Waals surface area contributed by atoms with Gasteiger partial charge in [-0.05, 0) is 25.1 Å². The molecule has 0 saturated heterocycles. The van der Waals surface area contributed by atoms with Crippen molar-refractivity contribution in [1.29, 1.82) is 5.26 Å². The van der Waals surface area contributed by atoms with Gasteiger partial charge in [-0.15, -0.1) is 0 Å². The number of imidazole rings is 1. The standard InChI is InChI=1S/C14H14N4O2/c1-2-17-6-7-18(14(17)20)10-13(19)16-12-5-3-4-11(8-12)9-15/h3-8H,2,10H2,1H3,(H,16,19). The van der Waals surface area contributed by atoms with Crippen LogP contribution in [0.15, 0.2) is 41.5 Å². The van der Waals surface area contributed by atoms with Gasteiger partial charge < -0.3 is 5.32 Å². The zero-order valence-corrected chi connectivity index (χ0v) is 11.0. The largest absolute Gasteiger partial charge is 0.328 e. The van der Waals surface area contributed by atoms with E-state index in [0.29, 0.717) is 17.8 Å². The van der Waals surface area contributed by atoms with Gasteiger partial charge in [-0.1, -0.05) is 6.07 Å². The molecule has 0 unspecified atom stereocenters. The predicted molar refractivity (Wildman–Crippen MR) is 74.2 cm³/mol. The lowest BCUT2D eigenvalue weighted by Crippen LogP contribution is -2.28. The number of nitriles is 1. The Balaban J connectivity index is 2.07. The van der Waals surface area contributed by atoms with Crippen molar-refractivity contribution in [2.75, 3.05) is 5.32 Å². The number of nitrogens with zero attached hydrogens (tertiary/aromatic N) is 3. The molecule has 1 heterocycles. The van der Waals surface area contributed by atoms with Gasteiger partial charge in [0.15, 0.2) is 0 Å². The van der Waals surface area contributed by atoms with E-state index in [1.54, 1.807) is 36.7 Å². The van der Waals surface area contributed by atoms with E-state index in [-0.39, 0.29) is 18.1 Å². The lowest BCUT2D eigenvalue weighted by molar-refractivity contribution is -0.116. The zero-order chi connectivity index (χ0) is 14.5. The Morgan fingerprint density at radius 2 is 2.10 bits per heavy atom. The van der Waals surface area contributed by atoms with Crippen LogP contribution in [0.2, 0.25) is 0 Å². The molecule has 0 aliphatic rings. The third kappa shape index (κ3) is 2.95. The fraction of sp³-hybridized carbons (Fsp3) is 0.214. The molecular weight excluding hydrogens is 256 g/mol. The highest BCUT2D eigenvalue weighted by Gasteiger charge is 2.07. The number of carbonyl (C=O) groups excluding carboxylic acids is 1. The summed E-state index contributed by atoms with van der Waals surface area (Å²) in [5.74, 6) is -0.309. The van der Waals surface area contributed by atoms with Gasteiger partial charge in [-0.25, -0.2) is 4.79 Å². The van der Waals surface area contributed by atoms with Crippen molar-refractivity contribution in [2.24, 2.45) is 0 Å². The van der Waals surface area contributed by atoms with Crippen LogP contribution in [0.5, 0.6) is 0 Å². The molecule has 102 valence electrons. The first kappa shape index (κ1) is 13.6. The maximum atomic E-state index is 11.9. The molecule has 0 spiro atoms. The molecule has 0 bridgehead atoms. The number of rotatable bonds is 4. The summed E-state index contributed by atoms with van der Waals surface area (Å²) in [6.07, 6.45) is 3.23. The Morgan fingerprint density at radius 3 is 2.75 bits per heavy atom. The number of aryl methyl sites for hydroxylation is 1. The average molecular weight is 270 g/mol. The average Bonchev–Trinajstić information content (AvgIpc) is 2.79. The normalized spacial score (nSPS) is 10.0. The van der Waals surface area contributed by atoms with Crippen LogP contribution < -0.4 is 11.0 Å². The number of hydrogen-bond acceptors (Lipinski definition) is 3. The van der Waals surface area contributed by atoms with Crippen molar-refractivity contribution >= 4 is 11.6 Å². The molecule has 0 aliphatic carbocycles. The van der Waals surface area contributed by atoms with Crippen LogP contribution in [0.25, 0.3) is 0 Å². The highest BCUT2D eigenvalue weighted by atomic mass is 16.2. The number of benzene rings is 1. The molecule has 1 amide bonds. The molecule has 0 saturated carbocycles. The summed E-state index contributed by atoms with van der Waals surface area (Å²) < 4.78 is 2.86. The van der Waals surface area contributed by atoms with Crippen molar-refractivity contribution in [2.45, 2.75) is 20.0 Å². The number of carbonyl (C=O) groups is 1. The highest BCUT2D eigenvalue weighted by Crippen LogP contribution is 2.09. The fourth-order valence-corrected chi connectivity index (χ4v) is 1.84. The summed E-state index contributed by atoms with van der Waals surface area (Å²) in [4.78, 5) is 23.7. The molecule has 6 nitrogen and oxygen atoms in total. The molecule has 1 aromatic heterocycles. The molecule has 20 heavy (non-hydrogen) atoms. The lowest BCUT2D eigenvalue weighted by atomic mass is 10.2. The third-order valence-corrected chi connectivity index (χ3v) is 2.85. The molecule has 0 fully saturated rings. The van der Waals surface area contributed by atoms with E-state index >= 15 is 0 Å². The van der Waals surface area contributed by atoms with E-state index in [1.807, 2.05) is 13.0 Å². The van der Waals surface area contributed by atoms with Crippen LogP contribution in [0.3, 0.4) is 0 Å². The summed E-state index contributed by atoms with van der Waals surface area (Å²) in [5.41, 5.74) is 0.794. The maximum absolute atomic E-state index is 11.9. The SMILES string of the molecule is CCn1ccn(CC(=O)Nc2cccc(C#N)c2)c1=O.